The Morgan fingerprint density at radius 2 is 2.07 bits per heavy atom. The standard InChI is InChI=1S/C19H25BrN4OS2/c1-13(2)27(25)22-11-15-8-6-14(7-9-15)10-21-19-24-17(12-26-19)16-4-3-5-18(20)23-16/h3-5,11-15H,6-10H2,1-2H3,(H,21,24)/b22-11+. The molecule has 0 spiro atoms. The van der Waals surface area contributed by atoms with E-state index in [-0.39, 0.29) is 5.25 Å². The average molecular weight is 469 g/mol. The smallest absolute Gasteiger partial charge is 0.183 e. The van der Waals surface area contributed by atoms with E-state index in [9.17, 15) is 4.21 Å². The molecule has 3 rings (SSSR count). The molecule has 0 bridgehead atoms. The number of aromatic nitrogens is 2. The van der Waals surface area contributed by atoms with Gasteiger partial charge >= 0.3 is 0 Å². The SMILES string of the molecule is CC(C)S(=O)/N=C/C1CCC(CNc2nc(-c3cccc(Br)n3)cs2)CC1. The molecule has 1 aliphatic rings. The Morgan fingerprint density at radius 1 is 1.30 bits per heavy atom. The molecule has 0 aliphatic heterocycles. The van der Waals surface area contributed by atoms with E-state index in [1.54, 1.807) is 11.3 Å². The van der Waals surface area contributed by atoms with Gasteiger partial charge in [0.1, 0.15) is 21.3 Å². The predicted molar refractivity (Wildman–Crippen MR) is 119 cm³/mol. The lowest BCUT2D eigenvalue weighted by Crippen LogP contribution is -2.22. The first kappa shape index (κ1) is 20.6. The highest BCUT2D eigenvalue weighted by Gasteiger charge is 2.20. The van der Waals surface area contributed by atoms with E-state index in [4.69, 9.17) is 0 Å². The highest BCUT2D eigenvalue weighted by molar-refractivity contribution is 9.10. The summed E-state index contributed by atoms with van der Waals surface area (Å²) in [5, 5.41) is 6.57. The first-order valence-corrected chi connectivity index (χ1v) is 12.1. The summed E-state index contributed by atoms with van der Waals surface area (Å²) >= 11 is 5.02. The maximum absolute atomic E-state index is 11.7. The summed E-state index contributed by atoms with van der Waals surface area (Å²) in [6.45, 7) is 4.82. The van der Waals surface area contributed by atoms with Crippen LogP contribution < -0.4 is 5.32 Å². The monoisotopic (exact) mass is 468 g/mol. The number of nitrogens with one attached hydrogen (secondary N) is 1. The van der Waals surface area contributed by atoms with Crippen molar-refractivity contribution in [2.45, 2.75) is 44.8 Å². The zero-order valence-corrected chi connectivity index (χ0v) is 18.8. The van der Waals surface area contributed by atoms with Crippen LogP contribution in [0.5, 0.6) is 0 Å². The van der Waals surface area contributed by atoms with Gasteiger partial charge in [0.2, 0.25) is 0 Å². The lowest BCUT2D eigenvalue weighted by Gasteiger charge is -2.26. The molecule has 0 aromatic carbocycles. The molecule has 0 amide bonds. The predicted octanol–water partition coefficient (Wildman–Crippen LogP) is 5.33. The number of hydrogen-bond donors (Lipinski definition) is 1. The van der Waals surface area contributed by atoms with Gasteiger partial charge in [-0.05, 0) is 79.4 Å². The summed E-state index contributed by atoms with van der Waals surface area (Å²) in [5.74, 6) is 1.12. The second-order valence-electron chi connectivity index (χ2n) is 7.12. The number of hydrogen-bond acceptors (Lipinski definition) is 5. The minimum absolute atomic E-state index is 0.0946. The molecule has 5 nitrogen and oxygen atoms in total. The van der Waals surface area contributed by atoms with E-state index in [0.717, 1.165) is 40.5 Å². The molecule has 146 valence electrons. The molecule has 1 aliphatic carbocycles. The van der Waals surface area contributed by atoms with Crippen LogP contribution in [0.4, 0.5) is 5.13 Å². The topological polar surface area (TPSA) is 67.2 Å². The molecule has 0 radical (unpaired) electrons. The number of anilines is 1. The Balaban J connectivity index is 1.45. The van der Waals surface area contributed by atoms with Crippen LogP contribution in [0.3, 0.4) is 0 Å². The van der Waals surface area contributed by atoms with Crippen molar-refractivity contribution in [1.82, 2.24) is 9.97 Å². The number of nitrogens with zero attached hydrogens (tertiary/aromatic N) is 3. The van der Waals surface area contributed by atoms with Gasteiger partial charge in [0.25, 0.3) is 0 Å². The molecule has 1 saturated carbocycles. The molecule has 0 saturated heterocycles. The summed E-state index contributed by atoms with van der Waals surface area (Å²) in [5.41, 5.74) is 1.79. The Kier molecular flexibility index (Phi) is 7.55. The molecule has 1 N–H and O–H groups in total. The summed E-state index contributed by atoms with van der Waals surface area (Å²) in [6.07, 6.45) is 6.51. The van der Waals surface area contributed by atoms with Crippen molar-refractivity contribution in [2.24, 2.45) is 16.2 Å². The van der Waals surface area contributed by atoms with Crippen molar-refractivity contribution in [3.63, 3.8) is 0 Å². The fourth-order valence-corrected chi connectivity index (χ4v) is 4.66. The Bertz CT molecular complexity index is 801. The molecule has 1 atom stereocenters. The maximum atomic E-state index is 11.7. The third kappa shape index (κ3) is 6.19. The quantitative estimate of drug-likeness (QED) is 0.440. The Labute approximate surface area is 175 Å². The van der Waals surface area contributed by atoms with Crippen LogP contribution in [0.25, 0.3) is 11.4 Å². The van der Waals surface area contributed by atoms with Gasteiger partial charge in [-0.2, -0.15) is 4.40 Å². The largest absolute Gasteiger partial charge is 0.361 e. The minimum Gasteiger partial charge on any atom is -0.361 e. The zero-order chi connectivity index (χ0) is 19.2. The molecule has 2 aromatic heterocycles. The third-order valence-electron chi connectivity index (χ3n) is 4.69. The van der Waals surface area contributed by atoms with Crippen LogP contribution in [0, 0.1) is 11.8 Å². The van der Waals surface area contributed by atoms with Crippen LogP contribution in [0.2, 0.25) is 0 Å². The maximum Gasteiger partial charge on any atom is 0.183 e. The fraction of sp³-hybridized carbons (Fsp3) is 0.526. The third-order valence-corrected chi connectivity index (χ3v) is 7.07. The average Bonchev–Trinajstić information content (AvgIpc) is 3.14. The lowest BCUT2D eigenvalue weighted by molar-refractivity contribution is 0.338. The van der Waals surface area contributed by atoms with Gasteiger partial charge in [0.15, 0.2) is 5.13 Å². The highest BCUT2D eigenvalue weighted by Crippen LogP contribution is 2.29. The van der Waals surface area contributed by atoms with Crippen molar-refractivity contribution in [3.8, 4) is 11.4 Å². The van der Waals surface area contributed by atoms with E-state index in [1.165, 1.54) is 12.8 Å². The first-order valence-electron chi connectivity index (χ1n) is 9.28. The Morgan fingerprint density at radius 3 is 2.78 bits per heavy atom. The van der Waals surface area contributed by atoms with Crippen molar-refractivity contribution in [1.29, 1.82) is 0 Å². The summed E-state index contributed by atoms with van der Waals surface area (Å²) < 4.78 is 16.8. The zero-order valence-electron chi connectivity index (χ0n) is 15.6. The van der Waals surface area contributed by atoms with Crippen LogP contribution in [-0.2, 0) is 11.0 Å². The van der Waals surface area contributed by atoms with Crippen molar-refractivity contribution in [2.75, 3.05) is 11.9 Å². The highest BCUT2D eigenvalue weighted by atomic mass is 79.9. The number of pyridine rings is 1. The van der Waals surface area contributed by atoms with Gasteiger partial charge in [-0.25, -0.2) is 14.2 Å². The second-order valence-corrected chi connectivity index (χ2v) is 10.5. The van der Waals surface area contributed by atoms with Crippen molar-refractivity contribution >= 4 is 49.6 Å². The van der Waals surface area contributed by atoms with E-state index in [2.05, 4.69) is 35.6 Å². The molecular formula is C19H25BrN4OS2. The fourth-order valence-electron chi connectivity index (χ4n) is 3.06. The van der Waals surface area contributed by atoms with Crippen LogP contribution in [0.1, 0.15) is 39.5 Å². The molecule has 2 aromatic rings. The molecule has 1 unspecified atom stereocenters. The van der Waals surface area contributed by atoms with Crippen LogP contribution in [0.15, 0.2) is 32.6 Å². The number of rotatable bonds is 7. The van der Waals surface area contributed by atoms with E-state index >= 15 is 0 Å². The lowest BCUT2D eigenvalue weighted by atomic mass is 9.82. The van der Waals surface area contributed by atoms with E-state index < -0.39 is 11.0 Å². The van der Waals surface area contributed by atoms with Gasteiger partial charge in [-0.3, -0.25) is 0 Å². The van der Waals surface area contributed by atoms with Crippen molar-refractivity contribution in [3.05, 3.63) is 28.2 Å². The Hall–Kier alpha value is -1.12. The van der Waals surface area contributed by atoms with Gasteiger partial charge in [-0.1, -0.05) is 6.07 Å². The van der Waals surface area contributed by atoms with Crippen molar-refractivity contribution < 1.29 is 4.21 Å². The van der Waals surface area contributed by atoms with E-state index in [0.29, 0.717) is 11.8 Å². The summed E-state index contributed by atoms with van der Waals surface area (Å²) in [6, 6.07) is 5.85. The number of thiazole rings is 1. The molecule has 8 heteroatoms. The number of halogens is 1. The molecule has 1 fully saturated rings. The molecule has 2 heterocycles. The first-order chi connectivity index (χ1) is 13.0. The summed E-state index contributed by atoms with van der Waals surface area (Å²) in [4.78, 5) is 9.11. The normalized spacial score (nSPS) is 21.6. The molecule has 27 heavy (non-hydrogen) atoms. The second kappa shape index (κ2) is 9.89. The minimum atomic E-state index is -1.08. The van der Waals surface area contributed by atoms with Gasteiger partial charge in [-0.15, -0.1) is 11.3 Å². The summed E-state index contributed by atoms with van der Waals surface area (Å²) in [7, 11) is -1.08. The molecular weight excluding hydrogens is 444 g/mol. The van der Waals surface area contributed by atoms with Crippen LogP contribution >= 0.6 is 27.3 Å². The van der Waals surface area contributed by atoms with Gasteiger partial charge in [0, 0.05) is 18.1 Å². The van der Waals surface area contributed by atoms with Crippen LogP contribution in [-0.4, -0.2) is 32.2 Å². The van der Waals surface area contributed by atoms with E-state index in [1.807, 2.05) is 43.6 Å². The van der Waals surface area contributed by atoms with Gasteiger partial charge < -0.3 is 5.32 Å². The van der Waals surface area contributed by atoms with Gasteiger partial charge in [0.05, 0.1) is 10.9 Å².